The third kappa shape index (κ3) is 4.63. The number of hydrogen-bond donors (Lipinski definition) is 2. The van der Waals surface area contributed by atoms with Crippen LogP contribution in [0.15, 0.2) is 35.3 Å². The normalized spacial score (nSPS) is 11.6. The number of amides is 1. The van der Waals surface area contributed by atoms with Gasteiger partial charge in [0, 0.05) is 13.2 Å². The van der Waals surface area contributed by atoms with E-state index in [2.05, 4.69) is 10.3 Å². The molecule has 0 spiro atoms. The second kappa shape index (κ2) is 7.37. The molecule has 1 amide bonds. The molecule has 0 unspecified atom stereocenters. The van der Waals surface area contributed by atoms with Gasteiger partial charge in [0.15, 0.2) is 0 Å². The first-order valence-electron chi connectivity index (χ1n) is 7.75. The van der Waals surface area contributed by atoms with Gasteiger partial charge in [-0.3, -0.25) is 14.2 Å². The van der Waals surface area contributed by atoms with E-state index in [9.17, 15) is 14.7 Å². The van der Waals surface area contributed by atoms with Crippen LogP contribution in [0.3, 0.4) is 0 Å². The lowest BCUT2D eigenvalue weighted by molar-refractivity contribution is -0.121. The first-order chi connectivity index (χ1) is 10.9. The van der Waals surface area contributed by atoms with Gasteiger partial charge in [0.2, 0.25) is 5.91 Å². The predicted octanol–water partition coefficient (Wildman–Crippen LogP) is 1.31. The Labute approximate surface area is 135 Å². The Balaban J connectivity index is 1.96. The van der Waals surface area contributed by atoms with Crippen LogP contribution in [0, 0.1) is 5.41 Å². The highest BCUT2D eigenvalue weighted by molar-refractivity contribution is 5.79. The van der Waals surface area contributed by atoms with Gasteiger partial charge in [-0.2, -0.15) is 0 Å². The molecule has 1 aromatic heterocycles. The smallest absolute Gasteiger partial charge is 0.269 e. The van der Waals surface area contributed by atoms with Gasteiger partial charge in [-0.1, -0.05) is 26.0 Å². The number of hydrogen-bond acceptors (Lipinski definition) is 4. The minimum atomic E-state index is -0.291. The van der Waals surface area contributed by atoms with Crippen molar-refractivity contribution in [3.63, 3.8) is 0 Å². The van der Waals surface area contributed by atoms with Crippen molar-refractivity contribution in [1.29, 1.82) is 0 Å². The molecule has 2 N–H and O–H groups in total. The maximum atomic E-state index is 12.1. The lowest BCUT2D eigenvalue weighted by Crippen LogP contribution is -2.33. The molecule has 6 heteroatoms. The number of aromatic nitrogens is 2. The fourth-order valence-corrected chi connectivity index (χ4v) is 2.35. The molecule has 0 bridgehead atoms. The summed E-state index contributed by atoms with van der Waals surface area (Å²) in [6, 6.07) is 7.24. The number of nitrogens with one attached hydrogen (secondary N) is 1. The highest BCUT2D eigenvalue weighted by atomic mass is 16.3. The molecular weight excluding hydrogens is 294 g/mol. The average Bonchev–Trinajstić information content (AvgIpc) is 2.54. The van der Waals surface area contributed by atoms with Crippen molar-refractivity contribution in [1.82, 2.24) is 14.9 Å². The topological polar surface area (TPSA) is 84.2 Å². The minimum Gasteiger partial charge on any atom is -0.396 e. The van der Waals surface area contributed by atoms with Crippen LogP contribution in [0.1, 0.15) is 26.7 Å². The second-order valence-corrected chi connectivity index (χ2v) is 6.45. The maximum Gasteiger partial charge on any atom is 0.269 e. The van der Waals surface area contributed by atoms with Gasteiger partial charge in [0.1, 0.15) is 6.54 Å². The summed E-state index contributed by atoms with van der Waals surface area (Å²) in [5, 5.41) is 12.0. The molecule has 0 radical (unpaired) electrons. The van der Waals surface area contributed by atoms with Gasteiger partial charge in [0.25, 0.3) is 5.56 Å². The average molecular weight is 317 g/mol. The third-order valence-corrected chi connectivity index (χ3v) is 3.83. The molecule has 0 saturated heterocycles. The molecule has 0 fully saturated rings. The highest BCUT2D eigenvalue weighted by Gasteiger charge is 2.15. The van der Waals surface area contributed by atoms with Crippen LogP contribution < -0.4 is 10.9 Å². The molecule has 2 aromatic rings. The van der Waals surface area contributed by atoms with Crippen LogP contribution in [0.5, 0.6) is 0 Å². The van der Waals surface area contributed by atoms with E-state index >= 15 is 0 Å². The fourth-order valence-electron chi connectivity index (χ4n) is 2.35. The monoisotopic (exact) mass is 317 g/mol. The lowest BCUT2D eigenvalue weighted by atomic mass is 9.89. The van der Waals surface area contributed by atoms with Gasteiger partial charge >= 0.3 is 0 Å². The molecule has 6 nitrogen and oxygen atoms in total. The number of aliphatic hydroxyl groups excluding tert-OH is 1. The maximum absolute atomic E-state index is 12.1. The Bertz CT molecular complexity index is 737. The Morgan fingerprint density at radius 1 is 1.35 bits per heavy atom. The summed E-state index contributed by atoms with van der Waals surface area (Å²) in [4.78, 5) is 28.1. The van der Waals surface area contributed by atoms with Crippen LogP contribution in [-0.2, 0) is 11.3 Å². The van der Waals surface area contributed by atoms with Crippen molar-refractivity contribution >= 4 is 16.9 Å². The summed E-state index contributed by atoms with van der Waals surface area (Å²) in [6.45, 7) is 4.60. The highest BCUT2D eigenvalue weighted by Crippen LogP contribution is 2.20. The van der Waals surface area contributed by atoms with Crippen LogP contribution >= 0.6 is 0 Å². The Morgan fingerprint density at radius 3 is 2.83 bits per heavy atom. The summed E-state index contributed by atoms with van der Waals surface area (Å²) in [5.74, 6) is -0.203. The lowest BCUT2D eigenvalue weighted by Gasteiger charge is -2.21. The second-order valence-electron chi connectivity index (χ2n) is 6.45. The third-order valence-electron chi connectivity index (χ3n) is 3.83. The summed E-state index contributed by atoms with van der Waals surface area (Å²) in [5.41, 5.74) is 0.907. The molecule has 23 heavy (non-hydrogen) atoms. The first-order valence-corrected chi connectivity index (χ1v) is 7.75. The number of carbonyl (C=O) groups is 1. The number of nitrogens with zero attached hydrogens (tertiary/aromatic N) is 2. The summed E-state index contributed by atoms with van der Waals surface area (Å²) in [6.07, 6.45) is 2.84. The Morgan fingerprint density at radius 2 is 2.09 bits per heavy atom. The van der Waals surface area contributed by atoms with Crippen LogP contribution in [0.25, 0.3) is 11.0 Å². The Kier molecular flexibility index (Phi) is 5.50. The first kappa shape index (κ1) is 17.1. The zero-order valence-corrected chi connectivity index (χ0v) is 13.6. The largest absolute Gasteiger partial charge is 0.396 e. The van der Waals surface area contributed by atoms with E-state index in [0.29, 0.717) is 17.6 Å². The van der Waals surface area contributed by atoms with Crippen molar-refractivity contribution < 1.29 is 9.90 Å². The van der Waals surface area contributed by atoms with Gasteiger partial charge < -0.3 is 10.4 Å². The standard InChI is InChI=1S/C17H23N3O3/c1-17(2,12-21)8-5-9-18-15(22)11-20-14-7-4-3-6-13(14)19-10-16(20)23/h3-4,6-7,10,21H,5,8-9,11-12H2,1-2H3,(H,18,22). The number of para-hydroxylation sites is 2. The molecular formula is C17H23N3O3. The predicted molar refractivity (Wildman–Crippen MR) is 89.1 cm³/mol. The van der Waals surface area contributed by atoms with E-state index in [0.717, 1.165) is 12.8 Å². The molecule has 0 aliphatic rings. The van der Waals surface area contributed by atoms with E-state index in [1.165, 1.54) is 10.8 Å². The van der Waals surface area contributed by atoms with Gasteiger partial charge in [-0.25, -0.2) is 4.98 Å². The molecule has 1 heterocycles. The molecule has 0 saturated carbocycles. The van der Waals surface area contributed by atoms with Crippen LogP contribution in [0.2, 0.25) is 0 Å². The van der Waals surface area contributed by atoms with Gasteiger partial charge in [-0.05, 0) is 30.4 Å². The molecule has 0 aliphatic carbocycles. The molecule has 0 aliphatic heterocycles. The van der Waals surface area contributed by atoms with Crippen molar-refractivity contribution in [2.75, 3.05) is 13.2 Å². The van der Waals surface area contributed by atoms with Crippen LogP contribution in [0.4, 0.5) is 0 Å². The molecule has 2 rings (SSSR count). The molecule has 0 atom stereocenters. The number of carbonyl (C=O) groups excluding carboxylic acids is 1. The van der Waals surface area contributed by atoms with Crippen LogP contribution in [-0.4, -0.2) is 33.7 Å². The molecule has 1 aromatic carbocycles. The summed E-state index contributed by atoms with van der Waals surface area (Å²) >= 11 is 0. The number of fused-ring (bicyclic) bond motifs is 1. The van der Waals surface area contributed by atoms with Crippen molar-refractivity contribution in [3.8, 4) is 0 Å². The van der Waals surface area contributed by atoms with E-state index in [1.54, 1.807) is 12.1 Å². The number of benzene rings is 1. The van der Waals surface area contributed by atoms with E-state index < -0.39 is 0 Å². The number of rotatable bonds is 7. The van der Waals surface area contributed by atoms with Crippen molar-refractivity contribution in [3.05, 3.63) is 40.8 Å². The SMILES string of the molecule is CC(C)(CO)CCCNC(=O)Cn1c(=O)cnc2ccccc21. The summed E-state index contributed by atoms with van der Waals surface area (Å²) < 4.78 is 1.43. The van der Waals surface area contributed by atoms with Crippen molar-refractivity contribution in [2.45, 2.75) is 33.2 Å². The van der Waals surface area contributed by atoms with Gasteiger partial charge in [-0.15, -0.1) is 0 Å². The molecule has 124 valence electrons. The summed E-state index contributed by atoms with van der Waals surface area (Å²) in [7, 11) is 0. The van der Waals surface area contributed by atoms with E-state index in [-0.39, 0.29) is 30.0 Å². The van der Waals surface area contributed by atoms with E-state index in [4.69, 9.17) is 0 Å². The van der Waals surface area contributed by atoms with E-state index in [1.807, 2.05) is 26.0 Å². The fraction of sp³-hybridized carbons (Fsp3) is 0.471. The quantitative estimate of drug-likeness (QED) is 0.754. The zero-order valence-electron chi connectivity index (χ0n) is 13.6. The minimum absolute atomic E-state index is 0.0226. The van der Waals surface area contributed by atoms with Crippen molar-refractivity contribution in [2.24, 2.45) is 5.41 Å². The van der Waals surface area contributed by atoms with Gasteiger partial charge in [0.05, 0.1) is 17.2 Å². The zero-order chi connectivity index (χ0) is 16.9. The Hall–Kier alpha value is -2.21. The number of aliphatic hydroxyl groups is 1.